The summed E-state index contributed by atoms with van der Waals surface area (Å²) < 4.78 is 6.79. The fraction of sp³-hybridized carbons (Fsp3) is 0.407. The predicted molar refractivity (Wildman–Crippen MR) is 126 cm³/mol. The van der Waals surface area contributed by atoms with E-state index < -0.39 is 0 Å². The van der Waals surface area contributed by atoms with Crippen LogP contribution in [0.5, 0.6) is 5.75 Å². The first-order valence-corrected chi connectivity index (χ1v) is 11.1. The lowest BCUT2D eigenvalue weighted by Crippen LogP contribution is -2.46. The van der Waals surface area contributed by atoms with Crippen molar-refractivity contribution >= 4 is 34.0 Å². The number of allylic oxidation sites excluding steroid dienone is 1. The van der Waals surface area contributed by atoms with Gasteiger partial charge in [0, 0.05) is 22.3 Å². The van der Waals surface area contributed by atoms with Crippen molar-refractivity contribution in [3.05, 3.63) is 53.9 Å². The molecule has 2 aliphatic rings. The van der Waals surface area contributed by atoms with Crippen LogP contribution in [0.2, 0.25) is 0 Å². The van der Waals surface area contributed by atoms with Gasteiger partial charge in [0.2, 0.25) is 0 Å². The fourth-order valence-corrected chi connectivity index (χ4v) is 5.73. The molecular weight excluding hydrogens is 368 g/mol. The molecule has 2 heterocycles. The van der Waals surface area contributed by atoms with E-state index in [0.717, 1.165) is 38.9 Å². The Kier molecular flexibility index (Phi) is 4.46. The standard InChI is InChI=1S/C27H30N2O/c1-6-10-22-21(7-2)28-25-23-19-15-16(3)13-14-20(19)27(4,5)30-26(23)18-12-9-8-11-17(18)24(25)29-22/h6-12,16,19-20H,2,13-15H2,1,3-5H3/b10-6-/t16?,19-,20?/m0/s1. The number of aromatic nitrogens is 2. The summed E-state index contributed by atoms with van der Waals surface area (Å²) in [5.74, 6) is 2.67. The monoisotopic (exact) mass is 398 g/mol. The minimum Gasteiger partial charge on any atom is -0.487 e. The summed E-state index contributed by atoms with van der Waals surface area (Å²) in [5, 5.41) is 2.26. The van der Waals surface area contributed by atoms with Crippen molar-refractivity contribution in [3.63, 3.8) is 0 Å². The van der Waals surface area contributed by atoms with Gasteiger partial charge in [-0.05, 0) is 57.6 Å². The number of fused-ring (bicyclic) bond motifs is 8. The summed E-state index contributed by atoms with van der Waals surface area (Å²) >= 11 is 0. The molecule has 3 nitrogen and oxygen atoms in total. The van der Waals surface area contributed by atoms with E-state index in [9.17, 15) is 0 Å². The maximum Gasteiger partial charge on any atom is 0.133 e. The Morgan fingerprint density at radius 1 is 1.07 bits per heavy atom. The molecule has 1 aromatic heterocycles. The first-order valence-electron chi connectivity index (χ1n) is 11.1. The lowest BCUT2D eigenvalue weighted by molar-refractivity contribution is -0.0115. The first kappa shape index (κ1) is 19.3. The molecule has 3 heteroatoms. The summed E-state index contributed by atoms with van der Waals surface area (Å²) in [5.41, 5.74) is 4.75. The van der Waals surface area contributed by atoms with Crippen molar-refractivity contribution in [3.8, 4) is 5.75 Å². The van der Waals surface area contributed by atoms with E-state index in [0.29, 0.717) is 17.8 Å². The van der Waals surface area contributed by atoms with Gasteiger partial charge in [0.05, 0.1) is 22.4 Å². The number of hydrogen-bond donors (Lipinski definition) is 0. The van der Waals surface area contributed by atoms with Crippen molar-refractivity contribution < 1.29 is 4.74 Å². The van der Waals surface area contributed by atoms with Crippen LogP contribution < -0.4 is 4.74 Å². The topological polar surface area (TPSA) is 35.0 Å². The van der Waals surface area contributed by atoms with E-state index in [1.54, 1.807) is 0 Å². The second-order valence-corrected chi connectivity index (χ2v) is 9.52. The van der Waals surface area contributed by atoms with Gasteiger partial charge in [-0.15, -0.1) is 0 Å². The average Bonchev–Trinajstić information content (AvgIpc) is 2.73. The summed E-state index contributed by atoms with van der Waals surface area (Å²) in [6, 6.07) is 8.49. The Bertz CT molecular complexity index is 1190. The molecule has 0 amide bonds. The van der Waals surface area contributed by atoms with Crippen LogP contribution in [0, 0.1) is 11.8 Å². The van der Waals surface area contributed by atoms with Gasteiger partial charge in [0.25, 0.3) is 0 Å². The van der Waals surface area contributed by atoms with Crippen molar-refractivity contribution in [2.45, 2.75) is 58.5 Å². The zero-order valence-corrected chi connectivity index (χ0v) is 18.4. The Balaban J connectivity index is 1.93. The second-order valence-electron chi connectivity index (χ2n) is 9.52. The van der Waals surface area contributed by atoms with Crippen LogP contribution in [0.4, 0.5) is 0 Å². The lowest BCUT2D eigenvalue weighted by Gasteiger charge is -2.49. The maximum atomic E-state index is 6.79. The molecule has 1 aliphatic heterocycles. The molecular formula is C27H30N2O. The normalized spacial score (nSPS) is 25.1. The number of nitrogens with zero attached hydrogens (tertiary/aromatic N) is 2. The molecule has 154 valence electrons. The molecule has 3 atom stereocenters. The van der Waals surface area contributed by atoms with Crippen LogP contribution >= 0.6 is 0 Å². The largest absolute Gasteiger partial charge is 0.487 e. The number of rotatable bonds is 2. The van der Waals surface area contributed by atoms with Crippen molar-refractivity contribution in [2.75, 3.05) is 0 Å². The highest BCUT2D eigenvalue weighted by Gasteiger charge is 2.47. The number of ether oxygens (including phenoxy) is 1. The molecule has 5 rings (SSSR count). The third-order valence-electron chi connectivity index (χ3n) is 7.14. The Labute approximate surface area is 178 Å². The van der Waals surface area contributed by atoms with E-state index in [1.807, 2.05) is 25.2 Å². The molecule has 0 radical (unpaired) electrons. The second kappa shape index (κ2) is 6.94. The van der Waals surface area contributed by atoms with Crippen molar-refractivity contribution in [2.24, 2.45) is 11.8 Å². The molecule has 0 N–H and O–H groups in total. The van der Waals surface area contributed by atoms with E-state index >= 15 is 0 Å². The Morgan fingerprint density at radius 3 is 2.53 bits per heavy atom. The predicted octanol–water partition coefficient (Wildman–Crippen LogP) is 7.15. The van der Waals surface area contributed by atoms with Crippen LogP contribution in [0.25, 0.3) is 34.0 Å². The van der Waals surface area contributed by atoms with Gasteiger partial charge in [0.1, 0.15) is 11.4 Å². The molecule has 3 aromatic rings. The molecule has 30 heavy (non-hydrogen) atoms. The first-order chi connectivity index (χ1) is 14.4. The van der Waals surface area contributed by atoms with Gasteiger partial charge < -0.3 is 4.74 Å². The minimum atomic E-state index is -0.187. The smallest absolute Gasteiger partial charge is 0.133 e. The third-order valence-corrected chi connectivity index (χ3v) is 7.14. The van der Waals surface area contributed by atoms with Gasteiger partial charge >= 0.3 is 0 Å². The highest BCUT2D eigenvalue weighted by Crippen LogP contribution is 2.56. The van der Waals surface area contributed by atoms with Crippen LogP contribution in [0.15, 0.2) is 36.9 Å². The van der Waals surface area contributed by atoms with Crippen LogP contribution in [0.3, 0.4) is 0 Å². The van der Waals surface area contributed by atoms with Crippen molar-refractivity contribution in [1.29, 1.82) is 0 Å². The Hall–Kier alpha value is -2.68. The molecule has 0 spiro atoms. The van der Waals surface area contributed by atoms with Gasteiger partial charge in [-0.3, -0.25) is 0 Å². The fourth-order valence-electron chi connectivity index (χ4n) is 5.73. The molecule has 2 unspecified atom stereocenters. The SMILES string of the molecule is C=Cc1nc2c3c(c4ccccc4c2nc1/C=C\C)OC(C)(C)C1CCC(C)C[C@H]31. The van der Waals surface area contributed by atoms with Crippen LogP contribution in [-0.2, 0) is 0 Å². The van der Waals surface area contributed by atoms with Gasteiger partial charge in [-0.25, -0.2) is 9.97 Å². The highest BCUT2D eigenvalue weighted by molar-refractivity contribution is 6.09. The molecule has 1 saturated carbocycles. The quantitative estimate of drug-likeness (QED) is 0.430. The zero-order chi connectivity index (χ0) is 21.0. The maximum absolute atomic E-state index is 6.79. The summed E-state index contributed by atoms with van der Waals surface area (Å²) in [6.07, 6.45) is 9.49. The summed E-state index contributed by atoms with van der Waals surface area (Å²) in [6.45, 7) is 12.9. The number of benzene rings is 2. The lowest BCUT2D eigenvalue weighted by atomic mass is 9.64. The van der Waals surface area contributed by atoms with Gasteiger partial charge in [0.15, 0.2) is 0 Å². The molecule has 1 fully saturated rings. The van der Waals surface area contributed by atoms with E-state index in [1.165, 1.54) is 24.8 Å². The van der Waals surface area contributed by atoms with Crippen molar-refractivity contribution in [1.82, 2.24) is 9.97 Å². The van der Waals surface area contributed by atoms with Crippen LogP contribution in [-0.4, -0.2) is 15.6 Å². The third kappa shape index (κ3) is 2.79. The van der Waals surface area contributed by atoms with Crippen LogP contribution in [0.1, 0.15) is 69.8 Å². The number of hydrogen-bond acceptors (Lipinski definition) is 3. The Morgan fingerprint density at radius 2 is 1.80 bits per heavy atom. The average molecular weight is 399 g/mol. The van der Waals surface area contributed by atoms with E-state index in [2.05, 4.69) is 51.6 Å². The summed E-state index contributed by atoms with van der Waals surface area (Å²) in [4.78, 5) is 10.2. The minimum absolute atomic E-state index is 0.187. The molecule has 1 aliphatic carbocycles. The van der Waals surface area contributed by atoms with Gasteiger partial charge in [-0.1, -0.05) is 50.3 Å². The van der Waals surface area contributed by atoms with E-state index in [4.69, 9.17) is 14.7 Å². The van der Waals surface area contributed by atoms with Gasteiger partial charge in [-0.2, -0.15) is 0 Å². The van der Waals surface area contributed by atoms with E-state index in [-0.39, 0.29) is 5.60 Å². The molecule has 0 saturated heterocycles. The summed E-state index contributed by atoms with van der Waals surface area (Å²) in [7, 11) is 0. The molecule has 0 bridgehead atoms. The highest BCUT2D eigenvalue weighted by atomic mass is 16.5. The molecule has 2 aromatic carbocycles. The zero-order valence-electron chi connectivity index (χ0n) is 18.4.